The Morgan fingerprint density at radius 2 is 1.83 bits per heavy atom. The smallest absolute Gasteiger partial charge is 0.243 e. The summed E-state index contributed by atoms with van der Waals surface area (Å²) in [5.41, 5.74) is 0.217. The van der Waals surface area contributed by atoms with E-state index >= 15 is 0 Å². The van der Waals surface area contributed by atoms with Crippen LogP contribution < -0.4 is 9.46 Å². The van der Waals surface area contributed by atoms with E-state index < -0.39 is 15.3 Å². The average Bonchev–Trinajstić information content (AvgIpc) is 2.50. The standard InChI is InChI=1S/C16H19ClN2O3S/c1-11(2)12(3)23(20,21)19-15-9-13(17)10-18-16(15)22-14-7-5-4-6-8-14/h4-12,19H,1-3H3. The molecule has 1 aromatic heterocycles. The predicted molar refractivity (Wildman–Crippen MR) is 92.6 cm³/mol. The summed E-state index contributed by atoms with van der Waals surface area (Å²) in [6, 6.07) is 10.5. The highest BCUT2D eigenvalue weighted by atomic mass is 35.5. The summed E-state index contributed by atoms with van der Waals surface area (Å²) < 4.78 is 33.0. The summed E-state index contributed by atoms with van der Waals surface area (Å²) in [6.07, 6.45) is 1.41. The molecule has 1 N–H and O–H groups in total. The molecule has 0 amide bonds. The lowest BCUT2D eigenvalue weighted by Crippen LogP contribution is -2.29. The number of halogens is 1. The van der Waals surface area contributed by atoms with Gasteiger partial charge in [0, 0.05) is 6.20 Å². The predicted octanol–water partition coefficient (Wildman–Crippen LogP) is 4.31. The molecule has 0 saturated heterocycles. The number of rotatable bonds is 6. The van der Waals surface area contributed by atoms with Crippen molar-refractivity contribution in [2.75, 3.05) is 4.72 Å². The van der Waals surface area contributed by atoms with Gasteiger partial charge in [-0.15, -0.1) is 0 Å². The SMILES string of the molecule is CC(C)C(C)S(=O)(=O)Nc1cc(Cl)cnc1Oc1ccccc1. The summed E-state index contributed by atoms with van der Waals surface area (Å²) in [4.78, 5) is 4.08. The first-order valence-electron chi connectivity index (χ1n) is 7.19. The largest absolute Gasteiger partial charge is 0.437 e. The third-order valence-corrected chi connectivity index (χ3v) is 5.69. The van der Waals surface area contributed by atoms with E-state index in [-0.39, 0.29) is 17.5 Å². The summed E-state index contributed by atoms with van der Waals surface area (Å²) in [7, 11) is -3.57. The van der Waals surface area contributed by atoms with Crippen molar-refractivity contribution in [3.8, 4) is 11.6 Å². The molecule has 124 valence electrons. The van der Waals surface area contributed by atoms with Gasteiger partial charge in [-0.2, -0.15) is 0 Å². The van der Waals surface area contributed by atoms with Crippen molar-refractivity contribution in [1.29, 1.82) is 0 Å². The van der Waals surface area contributed by atoms with Gasteiger partial charge in [0.15, 0.2) is 0 Å². The van der Waals surface area contributed by atoms with E-state index in [0.717, 1.165) is 0 Å². The molecule has 0 radical (unpaired) electrons. The molecule has 0 fully saturated rings. The van der Waals surface area contributed by atoms with Crippen LogP contribution in [0.25, 0.3) is 0 Å². The van der Waals surface area contributed by atoms with Crippen molar-refractivity contribution in [3.05, 3.63) is 47.6 Å². The maximum Gasteiger partial charge on any atom is 0.243 e. The molecule has 1 unspecified atom stereocenters. The molecule has 0 spiro atoms. The maximum absolute atomic E-state index is 12.4. The number of anilines is 1. The van der Waals surface area contributed by atoms with Crippen molar-refractivity contribution >= 4 is 27.3 Å². The minimum atomic E-state index is -3.57. The van der Waals surface area contributed by atoms with Gasteiger partial charge in [-0.1, -0.05) is 43.6 Å². The van der Waals surface area contributed by atoms with E-state index in [1.165, 1.54) is 12.3 Å². The lowest BCUT2D eigenvalue weighted by atomic mass is 10.2. The van der Waals surface area contributed by atoms with Crippen molar-refractivity contribution in [3.63, 3.8) is 0 Å². The number of para-hydroxylation sites is 1. The Morgan fingerprint density at radius 1 is 1.17 bits per heavy atom. The summed E-state index contributed by atoms with van der Waals surface area (Å²) in [6.45, 7) is 5.35. The molecule has 7 heteroatoms. The maximum atomic E-state index is 12.4. The number of nitrogens with one attached hydrogen (secondary N) is 1. The Kier molecular flexibility index (Phi) is 5.49. The molecule has 0 aliphatic heterocycles. The van der Waals surface area contributed by atoms with Gasteiger partial charge in [0.1, 0.15) is 11.4 Å². The van der Waals surface area contributed by atoms with E-state index in [9.17, 15) is 8.42 Å². The topological polar surface area (TPSA) is 68.3 Å². The van der Waals surface area contributed by atoms with Crippen molar-refractivity contribution < 1.29 is 13.2 Å². The first-order chi connectivity index (χ1) is 10.8. The number of ether oxygens (including phenoxy) is 1. The van der Waals surface area contributed by atoms with Gasteiger partial charge in [-0.05, 0) is 31.0 Å². The number of benzene rings is 1. The fourth-order valence-corrected chi connectivity index (χ4v) is 3.30. The van der Waals surface area contributed by atoms with Gasteiger partial charge < -0.3 is 4.74 Å². The molecule has 2 rings (SSSR count). The van der Waals surface area contributed by atoms with Crippen LogP contribution in [0.3, 0.4) is 0 Å². The van der Waals surface area contributed by atoms with Crippen molar-refractivity contribution in [2.24, 2.45) is 5.92 Å². The molecule has 5 nitrogen and oxygen atoms in total. The van der Waals surface area contributed by atoms with E-state index in [0.29, 0.717) is 10.8 Å². The second-order valence-electron chi connectivity index (χ2n) is 5.52. The lowest BCUT2D eigenvalue weighted by molar-refractivity contribution is 0.465. The second-order valence-corrected chi connectivity index (χ2v) is 7.99. The fraction of sp³-hybridized carbons (Fsp3) is 0.312. The minimum Gasteiger partial charge on any atom is -0.437 e. The van der Waals surface area contributed by atoms with E-state index in [2.05, 4.69) is 9.71 Å². The fourth-order valence-electron chi connectivity index (χ4n) is 1.79. The first-order valence-corrected chi connectivity index (χ1v) is 9.12. The highest BCUT2D eigenvalue weighted by molar-refractivity contribution is 7.93. The number of nitrogens with zero attached hydrogens (tertiary/aromatic N) is 1. The van der Waals surface area contributed by atoms with Crippen molar-refractivity contribution in [1.82, 2.24) is 4.98 Å². The van der Waals surface area contributed by atoms with Crippen LogP contribution in [0.4, 0.5) is 5.69 Å². The monoisotopic (exact) mass is 354 g/mol. The molecule has 0 aliphatic carbocycles. The normalized spacial score (nSPS) is 12.9. The Bertz CT molecular complexity index is 764. The van der Waals surface area contributed by atoms with Gasteiger partial charge in [0.25, 0.3) is 0 Å². The van der Waals surface area contributed by atoms with Gasteiger partial charge in [-0.25, -0.2) is 13.4 Å². The molecule has 0 saturated carbocycles. The highest BCUT2D eigenvalue weighted by Crippen LogP contribution is 2.31. The van der Waals surface area contributed by atoms with Crippen LogP contribution >= 0.6 is 11.6 Å². The Labute approximate surface area is 141 Å². The molecule has 1 atom stereocenters. The molecular formula is C16H19ClN2O3S. The average molecular weight is 355 g/mol. The number of pyridine rings is 1. The summed E-state index contributed by atoms with van der Waals surface area (Å²) in [5.74, 6) is 0.679. The Balaban J connectivity index is 2.33. The van der Waals surface area contributed by atoms with Crippen molar-refractivity contribution in [2.45, 2.75) is 26.0 Å². The zero-order valence-corrected chi connectivity index (χ0v) is 14.7. The summed E-state index contributed by atoms with van der Waals surface area (Å²) in [5, 5.41) is -0.244. The molecule has 0 bridgehead atoms. The minimum absolute atomic E-state index is 0.0295. The number of aromatic nitrogens is 1. The zero-order valence-electron chi connectivity index (χ0n) is 13.2. The highest BCUT2D eigenvalue weighted by Gasteiger charge is 2.25. The van der Waals surface area contributed by atoms with Gasteiger partial charge in [0.05, 0.1) is 10.3 Å². The van der Waals surface area contributed by atoms with Crippen LogP contribution in [0.15, 0.2) is 42.6 Å². The molecule has 23 heavy (non-hydrogen) atoms. The Hall–Kier alpha value is -1.79. The van der Waals surface area contributed by atoms with Gasteiger partial charge >= 0.3 is 0 Å². The van der Waals surface area contributed by atoms with Gasteiger partial charge in [-0.3, -0.25) is 4.72 Å². The lowest BCUT2D eigenvalue weighted by Gasteiger charge is -2.19. The zero-order chi connectivity index (χ0) is 17.0. The first kappa shape index (κ1) is 17.6. The molecule has 1 heterocycles. The van der Waals surface area contributed by atoms with Crippen LogP contribution in [0.5, 0.6) is 11.6 Å². The van der Waals surface area contributed by atoms with E-state index in [1.807, 2.05) is 32.0 Å². The van der Waals surface area contributed by atoms with Crippen LogP contribution in [-0.4, -0.2) is 18.7 Å². The third kappa shape index (κ3) is 4.59. The summed E-state index contributed by atoms with van der Waals surface area (Å²) >= 11 is 5.94. The second kappa shape index (κ2) is 7.19. The number of hydrogen-bond donors (Lipinski definition) is 1. The molecule has 1 aromatic carbocycles. The number of sulfonamides is 1. The third-order valence-electron chi connectivity index (χ3n) is 3.46. The Morgan fingerprint density at radius 3 is 2.43 bits per heavy atom. The van der Waals surface area contributed by atoms with Crippen LogP contribution in [-0.2, 0) is 10.0 Å². The van der Waals surface area contributed by atoms with E-state index in [1.54, 1.807) is 19.1 Å². The molecule has 2 aromatic rings. The molecular weight excluding hydrogens is 336 g/mol. The van der Waals surface area contributed by atoms with Gasteiger partial charge in [0.2, 0.25) is 15.9 Å². The quantitative estimate of drug-likeness (QED) is 0.839. The van der Waals surface area contributed by atoms with E-state index in [4.69, 9.17) is 16.3 Å². The van der Waals surface area contributed by atoms with Crippen LogP contribution in [0, 0.1) is 5.92 Å². The number of hydrogen-bond acceptors (Lipinski definition) is 4. The van der Waals surface area contributed by atoms with Crippen LogP contribution in [0.1, 0.15) is 20.8 Å². The van der Waals surface area contributed by atoms with Crippen LogP contribution in [0.2, 0.25) is 5.02 Å². The molecule has 0 aliphatic rings.